The van der Waals surface area contributed by atoms with Crippen molar-refractivity contribution in [2.24, 2.45) is 11.8 Å². The lowest BCUT2D eigenvalue weighted by Gasteiger charge is -2.31. The number of hydrogen-bond acceptors (Lipinski definition) is 3. The van der Waals surface area contributed by atoms with Crippen molar-refractivity contribution in [1.29, 1.82) is 0 Å². The first kappa shape index (κ1) is 17.8. The van der Waals surface area contributed by atoms with Crippen LogP contribution in [0.15, 0.2) is 11.6 Å². The summed E-state index contributed by atoms with van der Waals surface area (Å²) in [6.07, 6.45) is 4.44. The lowest BCUT2D eigenvalue weighted by atomic mass is 9.79. The molecule has 0 unspecified atom stereocenters. The smallest absolute Gasteiger partial charge is 0.410 e. The molecule has 1 N–H and O–H groups in total. The number of amides is 2. The zero-order valence-corrected chi connectivity index (χ0v) is 15.0. The standard InChI is InChI=1S/C18H30N2O3/c1-12(2)8-16(21)19-15-7-6-13-10-20(11-14(13)9-15)17(22)23-18(3,4)5/h8,13-15H,6-7,9-11H2,1-5H3,(H,19,21)/t13-,14-,15+/m0/s1. The molecule has 5 heteroatoms. The Hall–Kier alpha value is -1.52. The Morgan fingerprint density at radius 1 is 1.13 bits per heavy atom. The Morgan fingerprint density at radius 2 is 1.78 bits per heavy atom. The highest BCUT2D eigenvalue weighted by molar-refractivity contribution is 5.88. The van der Waals surface area contributed by atoms with E-state index in [1.807, 2.05) is 39.5 Å². The van der Waals surface area contributed by atoms with E-state index in [0.29, 0.717) is 11.8 Å². The minimum absolute atomic E-state index is 0.00422. The second-order valence-electron chi connectivity index (χ2n) is 8.15. The van der Waals surface area contributed by atoms with Gasteiger partial charge in [0.15, 0.2) is 0 Å². The van der Waals surface area contributed by atoms with Crippen molar-refractivity contribution < 1.29 is 14.3 Å². The summed E-state index contributed by atoms with van der Waals surface area (Å²) in [5.74, 6) is 1.00. The monoisotopic (exact) mass is 322 g/mol. The second kappa shape index (κ2) is 6.93. The van der Waals surface area contributed by atoms with Gasteiger partial charge in [-0.25, -0.2) is 4.79 Å². The van der Waals surface area contributed by atoms with Gasteiger partial charge in [-0.05, 0) is 65.7 Å². The zero-order valence-electron chi connectivity index (χ0n) is 15.0. The first-order valence-electron chi connectivity index (χ1n) is 8.57. The van der Waals surface area contributed by atoms with E-state index in [0.717, 1.165) is 37.9 Å². The van der Waals surface area contributed by atoms with E-state index in [-0.39, 0.29) is 18.0 Å². The Kier molecular flexibility index (Phi) is 5.37. The maximum absolute atomic E-state index is 12.2. The van der Waals surface area contributed by atoms with Crippen LogP contribution in [0.4, 0.5) is 4.79 Å². The minimum atomic E-state index is -0.453. The van der Waals surface area contributed by atoms with Gasteiger partial charge in [0.25, 0.3) is 0 Å². The van der Waals surface area contributed by atoms with Crippen molar-refractivity contribution >= 4 is 12.0 Å². The molecule has 1 heterocycles. The molecule has 0 aromatic heterocycles. The molecule has 0 spiro atoms. The number of hydrogen-bond donors (Lipinski definition) is 1. The Labute approximate surface area is 139 Å². The van der Waals surface area contributed by atoms with Crippen LogP contribution in [0.5, 0.6) is 0 Å². The predicted octanol–water partition coefficient (Wildman–Crippen LogP) is 3.10. The zero-order chi connectivity index (χ0) is 17.2. The van der Waals surface area contributed by atoms with E-state index in [9.17, 15) is 9.59 Å². The second-order valence-corrected chi connectivity index (χ2v) is 8.15. The third kappa shape index (κ3) is 5.26. The number of carbonyl (C=O) groups excluding carboxylic acids is 2. The van der Waals surface area contributed by atoms with Gasteiger partial charge < -0.3 is 15.0 Å². The van der Waals surface area contributed by atoms with E-state index in [4.69, 9.17) is 4.74 Å². The van der Waals surface area contributed by atoms with Crippen molar-refractivity contribution in [3.8, 4) is 0 Å². The predicted molar refractivity (Wildman–Crippen MR) is 90.0 cm³/mol. The van der Waals surface area contributed by atoms with E-state index in [1.54, 1.807) is 6.08 Å². The van der Waals surface area contributed by atoms with E-state index in [1.165, 1.54) is 0 Å². The fourth-order valence-corrected chi connectivity index (χ4v) is 3.54. The number of rotatable bonds is 2. The molecule has 130 valence electrons. The molecular formula is C18H30N2O3. The van der Waals surface area contributed by atoms with Gasteiger partial charge in [-0.2, -0.15) is 0 Å². The number of nitrogens with zero attached hydrogens (tertiary/aromatic N) is 1. The molecule has 2 rings (SSSR count). The topological polar surface area (TPSA) is 58.6 Å². The van der Waals surface area contributed by atoms with Gasteiger partial charge in [-0.3, -0.25) is 4.79 Å². The van der Waals surface area contributed by atoms with E-state index in [2.05, 4.69) is 5.32 Å². The van der Waals surface area contributed by atoms with E-state index < -0.39 is 5.60 Å². The number of allylic oxidation sites excluding steroid dienone is 1. The average molecular weight is 322 g/mol. The molecule has 5 nitrogen and oxygen atoms in total. The molecule has 0 aromatic rings. The first-order chi connectivity index (χ1) is 10.6. The number of fused-ring (bicyclic) bond motifs is 1. The fourth-order valence-electron chi connectivity index (χ4n) is 3.54. The highest BCUT2D eigenvalue weighted by Gasteiger charge is 2.40. The summed E-state index contributed by atoms with van der Waals surface area (Å²) >= 11 is 0. The summed E-state index contributed by atoms with van der Waals surface area (Å²) in [5, 5.41) is 3.10. The Bertz CT molecular complexity index is 489. The van der Waals surface area contributed by atoms with Crippen LogP contribution in [-0.2, 0) is 9.53 Å². The molecule has 0 bridgehead atoms. The lowest BCUT2D eigenvalue weighted by Crippen LogP contribution is -2.40. The third-order valence-electron chi connectivity index (χ3n) is 4.47. The van der Waals surface area contributed by atoms with Gasteiger partial charge in [0.1, 0.15) is 5.60 Å². The van der Waals surface area contributed by atoms with Crippen LogP contribution in [0, 0.1) is 11.8 Å². The Morgan fingerprint density at radius 3 is 2.39 bits per heavy atom. The highest BCUT2D eigenvalue weighted by Crippen LogP contribution is 2.36. The van der Waals surface area contributed by atoms with Crippen LogP contribution < -0.4 is 5.32 Å². The van der Waals surface area contributed by atoms with Crippen LogP contribution in [0.25, 0.3) is 0 Å². The van der Waals surface area contributed by atoms with E-state index >= 15 is 0 Å². The van der Waals surface area contributed by atoms with Crippen molar-refractivity contribution in [1.82, 2.24) is 10.2 Å². The maximum atomic E-state index is 12.2. The molecule has 1 saturated heterocycles. The van der Waals surface area contributed by atoms with Crippen LogP contribution in [0.1, 0.15) is 53.9 Å². The molecule has 1 saturated carbocycles. The first-order valence-corrected chi connectivity index (χ1v) is 8.57. The summed E-state index contributed by atoms with van der Waals surface area (Å²) in [6, 6.07) is 0.220. The lowest BCUT2D eigenvalue weighted by molar-refractivity contribution is -0.117. The summed E-state index contributed by atoms with van der Waals surface area (Å²) in [6.45, 7) is 11.1. The number of nitrogens with one attached hydrogen (secondary N) is 1. The fraction of sp³-hybridized carbons (Fsp3) is 0.778. The molecule has 3 atom stereocenters. The van der Waals surface area contributed by atoms with Crippen LogP contribution in [0.2, 0.25) is 0 Å². The van der Waals surface area contributed by atoms with Gasteiger partial charge >= 0.3 is 6.09 Å². The molecule has 2 fully saturated rings. The van der Waals surface area contributed by atoms with Crippen molar-refractivity contribution in [2.75, 3.05) is 13.1 Å². The molecule has 1 aliphatic heterocycles. The van der Waals surface area contributed by atoms with Gasteiger partial charge in [0, 0.05) is 25.2 Å². The van der Waals surface area contributed by atoms with Gasteiger partial charge in [-0.1, -0.05) is 5.57 Å². The quantitative estimate of drug-likeness (QED) is 0.795. The minimum Gasteiger partial charge on any atom is -0.444 e. The molecule has 2 amide bonds. The van der Waals surface area contributed by atoms with Crippen molar-refractivity contribution in [3.63, 3.8) is 0 Å². The molecular weight excluding hydrogens is 292 g/mol. The largest absolute Gasteiger partial charge is 0.444 e. The maximum Gasteiger partial charge on any atom is 0.410 e. The summed E-state index contributed by atoms with van der Waals surface area (Å²) in [4.78, 5) is 25.9. The van der Waals surface area contributed by atoms with Gasteiger partial charge in [0.2, 0.25) is 5.91 Å². The number of carbonyl (C=O) groups is 2. The van der Waals surface area contributed by atoms with Crippen LogP contribution in [-0.4, -0.2) is 41.6 Å². The highest BCUT2D eigenvalue weighted by atomic mass is 16.6. The average Bonchev–Trinajstić information content (AvgIpc) is 2.78. The van der Waals surface area contributed by atoms with Gasteiger partial charge in [-0.15, -0.1) is 0 Å². The van der Waals surface area contributed by atoms with Crippen molar-refractivity contribution in [3.05, 3.63) is 11.6 Å². The van der Waals surface area contributed by atoms with Crippen LogP contribution in [0.3, 0.4) is 0 Å². The third-order valence-corrected chi connectivity index (χ3v) is 4.47. The normalized spacial score (nSPS) is 27.2. The number of likely N-dealkylation sites (tertiary alicyclic amines) is 1. The number of ether oxygens (including phenoxy) is 1. The molecule has 0 aromatic carbocycles. The van der Waals surface area contributed by atoms with Crippen molar-refractivity contribution in [2.45, 2.75) is 65.5 Å². The summed E-state index contributed by atoms with van der Waals surface area (Å²) in [7, 11) is 0. The molecule has 1 aliphatic carbocycles. The summed E-state index contributed by atoms with van der Waals surface area (Å²) in [5.41, 5.74) is 0.555. The van der Waals surface area contributed by atoms with Crippen LogP contribution >= 0.6 is 0 Å². The van der Waals surface area contributed by atoms with Gasteiger partial charge in [0.05, 0.1) is 0 Å². The summed E-state index contributed by atoms with van der Waals surface area (Å²) < 4.78 is 5.47. The molecule has 2 aliphatic rings. The SMILES string of the molecule is CC(C)=CC(=O)N[C@@H]1CC[C@H]2CN(C(=O)OC(C)(C)C)C[C@@H]2C1. The molecule has 23 heavy (non-hydrogen) atoms. The molecule has 0 radical (unpaired) electrons. The Balaban J connectivity index is 1.87.